The average Bonchev–Trinajstić information content (AvgIpc) is 2.16. The van der Waals surface area contributed by atoms with E-state index in [9.17, 15) is 14.3 Å². The quantitative estimate of drug-likeness (QED) is 0.720. The third kappa shape index (κ3) is 2.17. The first-order valence-corrected chi connectivity index (χ1v) is 3.88. The Morgan fingerprint density at radius 1 is 1.36 bits per heavy atom. The van der Waals surface area contributed by atoms with Crippen LogP contribution in [0.25, 0.3) is 0 Å². The molecular formula is C10H9FO3. The lowest BCUT2D eigenvalue weighted by atomic mass is 10.0. The van der Waals surface area contributed by atoms with Gasteiger partial charge in [-0.1, -0.05) is 18.7 Å². The van der Waals surface area contributed by atoms with Gasteiger partial charge in [-0.3, -0.25) is 0 Å². The summed E-state index contributed by atoms with van der Waals surface area (Å²) in [7, 11) is 0. The second-order valence-corrected chi connectivity index (χ2v) is 2.78. The number of hydrogen-bond donors (Lipinski definition) is 2. The average molecular weight is 196 g/mol. The standard InChI is InChI=1S/C10H9FO3/c1-6(10(13)14)9(12)7-2-4-8(11)5-3-7/h2-5,9,12H,1H2,(H,13,14). The Morgan fingerprint density at radius 3 is 2.29 bits per heavy atom. The molecule has 1 aromatic carbocycles. The molecule has 0 radical (unpaired) electrons. The van der Waals surface area contributed by atoms with Crippen LogP contribution in [0, 0.1) is 5.82 Å². The molecule has 0 aliphatic carbocycles. The minimum absolute atomic E-state index is 0.304. The Hall–Kier alpha value is -1.68. The summed E-state index contributed by atoms with van der Waals surface area (Å²) in [6, 6.07) is 4.92. The Morgan fingerprint density at radius 2 is 1.86 bits per heavy atom. The van der Waals surface area contributed by atoms with E-state index in [-0.39, 0.29) is 5.57 Å². The van der Waals surface area contributed by atoms with Crippen LogP contribution < -0.4 is 0 Å². The van der Waals surface area contributed by atoms with E-state index in [4.69, 9.17) is 5.11 Å². The molecule has 2 N–H and O–H groups in total. The predicted octanol–water partition coefficient (Wildman–Crippen LogP) is 1.50. The lowest BCUT2D eigenvalue weighted by Crippen LogP contribution is -2.09. The van der Waals surface area contributed by atoms with Crippen molar-refractivity contribution in [1.29, 1.82) is 0 Å². The number of carboxylic acid groups (broad SMARTS) is 1. The lowest BCUT2D eigenvalue weighted by molar-refractivity contribution is -0.133. The molecule has 0 aliphatic rings. The minimum Gasteiger partial charge on any atom is -0.478 e. The number of carbonyl (C=O) groups is 1. The number of aliphatic hydroxyl groups is 1. The lowest BCUT2D eigenvalue weighted by Gasteiger charge is -2.09. The number of aliphatic hydroxyl groups excluding tert-OH is 1. The molecule has 0 amide bonds. The molecular weight excluding hydrogens is 187 g/mol. The summed E-state index contributed by atoms with van der Waals surface area (Å²) in [6.07, 6.45) is -1.30. The maximum atomic E-state index is 12.5. The van der Waals surface area contributed by atoms with Crippen molar-refractivity contribution in [2.45, 2.75) is 6.10 Å². The van der Waals surface area contributed by atoms with Crippen molar-refractivity contribution in [1.82, 2.24) is 0 Å². The summed E-state index contributed by atoms with van der Waals surface area (Å²) in [5, 5.41) is 18.0. The van der Waals surface area contributed by atoms with Crippen LogP contribution in [0.2, 0.25) is 0 Å². The number of hydrogen-bond acceptors (Lipinski definition) is 2. The molecule has 1 rings (SSSR count). The fraction of sp³-hybridized carbons (Fsp3) is 0.100. The summed E-state index contributed by atoms with van der Waals surface area (Å²) >= 11 is 0. The summed E-state index contributed by atoms with van der Waals surface area (Å²) < 4.78 is 12.5. The van der Waals surface area contributed by atoms with Crippen molar-refractivity contribution in [2.75, 3.05) is 0 Å². The van der Waals surface area contributed by atoms with Gasteiger partial charge in [-0.2, -0.15) is 0 Å². The van der Waals surface area contributed by atoms with Crippen molar-refractivity contribution >= 4 is 5.97 Å². The van der Waals surface area contributed by atoms with E-state index >= 15 is 0 Å². The Kier molecular flexibility index (Phi) is 2.99. The van der Waals surface area contributed by atoms with Gasteiger partial charge in [-0.05, 0) is 17.7 Å². The first-order valence-electron chi connectivity index (χ1n) is 3.88. The summed E-state index contributed by atoms with van der Waals surface area (Å²) in [5.74, 6) is -1.72. The number of aliphatic carboxylic acids is 1. The van der Waals surface area contributed by atoms with E-state index in [2.05, 4.69) is 6.58 Å². The molecule has 0 aromatic heterocycles. The van der Waals surface area contributed by atoms with Crippen molar-refractivity contribution < 1.29 is 19.4 Å². The van der Waals surface area contributed by atoms with Crippen molar-refractivity contribution in [3.8, 4) is 0 Å². The molecule has 0 saturated heterocycles. The maximum Gasteiger partial charge on any atom is 0.333 e. The molecule has 0 fully saturated rings. The van der Waals surface area contributed by atoms with Gasteiger partial charge in [0.25, 0.3) is 0 Å². The second-order valence-electron chi connectivity index (χ2n) is 2.78. The zero-order chi connectivity index (χ0) is 10.7. The van der Waals surface area contributed by atoms with Crippen molar-refractivity contribution in [3.63, 3.8) is 0 Å². The highest BCUT2D eigenvalue weighted by Crippen LogP contribution is 2.20. The van der Waals surface area contributed by atoms with E-state index in [1.165, 1.54) is 12.1 Å². The Labute approximate surface area is 80.1 Å². The van der Waals surface area contributed by atoms with Crippen LogP contribution in [0.4, 0.5) is 4.39 Å². The Bertz CT molecular complexity index is 356. The highest BCUT2D eigenvalue weighted by atomic mass is 19.1. The zero-order valence-corrected chi connectivity index (χ0v) is 7.27. The van der Waals surface area contributed by atoms with Crippen LogP contribution in [-0.2, 0) is 4.79 Å². The van der Waals surface area contributed by atoms with Crippen LogP contribution in [0.15, 0.2) is 36.4 Å². The highest BCUT2D eigenvalue weighted by molar-refractivity contribution is 5.87. The van der Waals surface area contributed by atoms with Gasteiger partial charge in [0.15, 0.2) is 0 Å². The van der Waals surface area contributed by atoms with E-state index in [1.807, 2.05) is 0 Å². The van der Waals surface area contributed by atoms with E-state index in [0.29, 0.717) is 5.56 Å². The van der Waals surface area contributed by atoms with Crippen molar-refractivity contribution in [2.24, 2.45) is 0 Å². The van der Waals surface area contributed by atoms with Gasteiger partial charge in [0, 0.05) is 0 Å². The highest BCUT2D eigenvalue weighted by Gasteiger charge is 2.16. The number of rotatable bonds is 3. The van der Waals surface area contributed by atoms with Gasteiger partial charge in [0.2, 0.25) is 0 Å². The van der Waals surface area contributed by atoms with Gasteiger partial charge < -0.3 is 10.2 Å². The first kappa shape index (κ1) is 10.4. The molecule has 14 heavy (non-hydrogen) atoms. The van der Waals surface area contributed by atoms with Crippen LogP contribution in [0.1, 0.15) is 11.7 Å². The molecule has 1 unspecified atom stereocenters. The second kappa shape index (κ2) is 4.02. The van der Waals surface area contributed by atoms with Crippen LogP contribution in [-0.4, -0.2) is 16.2 Å². The largest absolute Gasteiger partial charge is 0.478 e. The van der Waals surface area contributed by atoms with Crippen LogP contribution in [0.3, 0.4) is 0 Å². The minimum atomic E-state index is -1.30. The van der Waals surface area contributed by atoms with Gasteiger partial charge >= 0.3 is 5.97 Å². The van der Waals surface area contributed by atoms with Gasteiger partial charge in [-0.15, -0.1) is 0 Å². The molecule has 4 heteroatoms. The number of halogens is 1. The van der Waals surface area contributed by atoms with Crippen LogP contribution in [0.5, 0.6) is 0 Å². The van der Waals surface area contributed by atoms with Crippen LogP contribution >= 0.6 is 0 Å². The smallest absolute Gasteiger partial charge is 0.333 e. The molecule has 0 saturated carbocycles. The predicted molar refractivity (Wildman–Crippen MR) is 48.1 cm³/mol. The van der Waals surface area contributed by atoms with Gasteiger partial charge in [0.05, 0.1) is 5.57 Å². The molecule has 3 nitrogen and oxygen atoms in total. The summed E-state index contributed by atoms with van der Waals surface area (Å²) in [4.78, 5) is 10.4. The van der Waals surface area contributed by atoms with E-state index < -0.39 is 17.9 Å². The number of carboxylic acids is 1. The normalized spacial score (nSPS) is 12.1. The zero-order valence-electron chi connectivity index (χ0n) is 7.27. The first-order chi connectivity index (χ1) is 6.52. The fourth-order valence-corrected chi connectivity index (χ4v) is 0.963. The monoisotopic (exact) mass is 196 g/mol. The molecule has 0 heterocycles. The van der Waals surface area contributed by atoms with Crippen molar-refractivity contribution in [3.05, 3.63) is 47.8 Å². The third-order valence-corrected chi connectivity index (χ3v) is 1.79. The van der Waals surface area contributed by atoms with E-state index in [0.717, 1.165) is 12.1 Å². The SMILES string of the molecule is C=C(C(=O)O)C(O)c1ccc(F)cc1. The number of benzene rings is 1. The third-order valence-electron chi connectivity index (χ3n) is 1.79. The molecule has 1 atom stereocenters. The molecule has 0 spiro atoms. The molecule has 1 aromatic rings. The Balaban J connectivity index is 2.89. The summed E-state index contributed by atoms with van der Waals surface area (Å²) in [5.41, 5.74) is -0.0320. The fourth-order valence-electron chi connectivity index (χ4n) is 0.963. The molecule has 0 aliphatic heterocycles. The van der Waals surface area contributed by atoms with Gasteiger partial charge in [0.1, 0.15) is 11.9 Å². The summed E-state index contributed by atoms with van der Waals surface area (Å²) in [6.45, 7) is 3.21. The van der Waals surface area contributed by atoms with Gasteiger partial charge in [-0.25, -0.2) is 9.18 Å². The molecule has 0 bridgehead atoms. The van der Waals surface area contributed by atoms with E-state index in [1.54, 1.807) is 0 Å². The maximum absolute atomic E-state index is 12.5. The molecule has 74 valence electrons. The topological polar surface area (TPSA) is 57.5 Å².